The van der Waals surface area contributed by atoms with Crippen LogP contribution in [0.1, 0.15) is 33.6 Å². The van der Waals surface area contributed by atoms with E-state index in [9.17, 15) is 19.5 Å². The normalized spacial score (nSPS) is 18.9. The first-order valence-corrected chi connectivity index (χ1v) is 6.95. The second-order valence-corrected chi connectivity index (χ2v) is 5.91. The third-order valence-electron chi connectivity index (χ3n) is 2.91. The summed E-state index contributed by atoms with van der Waals surface area (Å²) in [5, 5.41) is 11.6. The summed E-state index contributed by atoms with van der Waals surface area (Å²) >= 11 is 0. The minimum atomic E-state index is -1.15. The number of carboxylic acids is 1. The maximum absolute atomic E-state index is 11.7. The third-order valence-corrected chi connectivity index (χ3v) is 2.91. The summed E-state index contributed by atoms with van der Waals surface area (Å²) in [6, 6.07) is -1.10. The molecule has 1 aliphatic rings. The summed E-state index contributed by atoms with van der Waals surface area (Å²) in [5.41, 5.74) is 4.18. The molecule has 9 heteroatoms. The Balaban J connectivity index is 2.61. The summed E-state index contributed by atoms with van der Waals surface area (Å²) in [7, 11) is 0. The third kappa shape index (κ3) is 5.98. The van der Waals surface area contributed by atoms with Crippen molar-refractivity contribution >= 4 is 24.3 Å². The van der Waals surface area contributed by atoms with Gasteiger partial charge in [0.15, 0.2) is 0 Å². The molecule has 0 aromatic carbocycles. The number of aliphatic carboxylic acids is 1. The van der Waals surface area contributed by atoms with Gasteiger partial charge in [-0.25, -0.2) is 9.59 Å². The summed E-state index contributed by atoms with van der Waals surface area (Å²) in [5.74, 6) is -0.840. The summed E-state index contributed by atoms with van der Waals surface area (Å²) < 4.78 is 5.06. The van der Waals surface area contributed by atoms with Crippen LogP contribution in [-0.2, 0) is 14.3 Å². The molecule has 0 saturated carbocycles. The molecule has 0 aromatic rings. The molecule has 0 aliphatic carbocycles. The van der Waals surface area contributed by atoms with Crippen LogP contribution in [0.25, 0.3) is 0 Å². The minimum Gasteiger partial charge on any atom is -0.480 e. The highest BCUT2D eigenvalue weighted by atomic mass is 16.6. The van der Waals surface area contributed by atoms with Crippen LogP contribution in [-0.4, -0.2) is 47.6 Å². The Labute approximate surface area is 128 Å². The van der Waals surface area contributed by atoms with Gasteiger partial charge in [-0.3, -0.25) is 20.6 Å². The molecule has 1 heterocycles. The standard InChI is InChI=1S/C13H22N4O5/c1-13(2,3)22-12(21)16-9(11(19)20)6-8-4-5-14-10(8)17-15-7-18/h7-9H,4-6H2,1-3H3,(H,14,17)(H,15,18)(H,16,21)(H,19,20)/t8-,9-/m0/s1. The lowest BCUT2D eigenvalue weighted by Crippen LogP contribution is -2.46. The maximum atomic E-state index is 11.7. The van der Waals surface area contributed by atoms with Crippen LogP contribution in [0.2, 0.25) is 0 Å². The zero-order chi connectivity index (χ0) is 16.8. The Morgan fingerprint density at radius 3 is 2.73 bits per heavy atom. The van der Waals surface area contributed by atoms with Crippen molar-refractivity contribution in [2.24, 2.45) is 10.9 Å². The van der Waals surface area contributed by atoms with Gasteiger partial charge >= 0.3 is 12.1 Å². The van der Waals surface area contributed by atoms with E-state index in [-0.39, 0.29) is 12.3 Å². The van der Waals surface area contributed by atoms with Crippen LogP contribution >= 0.6 is 0 Å². The quantitative estimate of drug-likeness (QED) is 0.404. The Hall–Kier alpha value is -2.32. The highest BCUT2D eigenvalue weighted by molar-refractivity contribution is 5.88. The smallest absolute Gasteiger partial charge is 0.408 e. The number of amides is 2. The molecule has 2 atom stereocenters. The zero-order valence-corrected chi connectivity index (χ0v) is 12.9. The molecule has 0 unspecified atom stereocenters. The highest BCUT2D eigenvalue weighted by Gasteiger charge is 2.30. The predicted molar refractivity (Wildman–Crippen MR) is 78.2 cm³/mol. The predicted octanol–water partition coefficient (Wildman–Crippen LogP) is 0.0234. The number of aliphatic imine (C=N–C) groups is 1. The topological polar surface area (TPSA) is 129 Å². The molecule has 0 saturated heterocycles. The Morgan fingerprint density at radius 2 is 2.18 bits per heavy atom. The average Bonchev–Trinajstić information content (AvgIpc) is 2.80. The van der Waals surface area contributed by atoms with Crippen LogP contribution in [0, 0.1) is 5.92 Å². The molecule has 124 valence electrons. The number of nitrogens with one attached hydrogen (secondary N) is 3. The molecule has 4 N–H and O–H groups in total. The Morgan fingerprint density at radius 1 is 1.50 bits per heavy atom. The van der Waals surface area contributed by atoms with E-state index in [2.05, 4.69) is 21.2 Å². The van der Waals surface area contributed by atoms with Crippen LogP contribution in [0.15, 0.2) is 4.99 Å². The molecular weight excluding hydrogens is 292 g/mol. The van der Waals surface area contributed by atoms with E-state index in [0.29, 0.717) is 25.2 Å². The fourth-order valence-corrected chi connectivity index (χ4v) is 2.04. The number of carbonyl (C=O) groups is 3. The van der Waals surface area contributed by atoms with Gasteiger partial charge in [0.05, 0.1) is 0 Å². The van der Waals surface area contributed by atoms with E-state index in [4.69, 9.17) is 4.74 Å². The molecule has 0 bridgehead atoms. The van der Waals surface area contributed by atoms with Crippen molar-refractivity contribution in [3.05, 3.63) is 0 Å². The van der Waals surface area contributed by atoms with Crippen molar-refractivity contribution in [2.75, 3.05) is 6.54 Å². The molecule has 1 aliphatic heterocycles. The van der Waals surface area contributed by atoms with E-state index in [1.807, 2.05) is 0 Å². The SMILES string of the molecule is CC(C)(C)OC(=O)N[C@@H](C[C@@H]1CCN=C1NNC=O)C(=O)O. The van der Waals surface area contributed by atoms with Gasteiger partial charge in [-0.05, 0) is 33.6 Å². The van der Waals surface area contributed by atoms with Gasteiger partial charge in [-0.2, -0.15) is 0 Å². The number of hydrogen-bond donors (Lipinski definition) is 4. The highest BCUT2D eigenvalue weighted by Crippen LogP contribution is 2.19. The molecule has 0 fully saturated rings. The van der Waals surface area contributed by atoms with Crippen LogP contribution in [0.3, 0.4) is 0 Å². The molecule has 0 aromatic heterocycles. The van der Waals surface area contributed by atoms with Gasteiger partial charge < -0.3 is 15.2 Å². The van der Waals surface area contributed by atoms with Crippen molar-refractivity contribution < 1.29 is 24.2 Å². The van der Waals surface area contributed by atoms with E-state index in [1.54, 1.807) is 20.8 Å². The fraction of sp³-hybridized carbons (Fsp3) is 0.692. The average molecular weight is 314 g/mol. The van der Waals surface area contributed by atoms with Gasteiger partial charge in [0.25, 0.3) is 0 Å². The maximum Gasteiger partial charge on any atom is 0.408 e. The molecule has 0 radical (unpaired) electrons. The molecule has 0 spiro atoms. The number of ether oxygens (including phenoxy) is 1. The zero-order valence-electron chi connectivity index (χ0n) is 12.9. The number of carbonyl (C=O) groups excluding carboxylic acids is 2. The monoisotopic (exact) mass is 314 g/mol. The first kappa shape index (κ1) is 17.7. The Kier molecular flexibility index (Phi) is 6.14. The van der Waals surface area contributed by atoms with Gasteiger partial charge in [0.2, 0.25) is 6.41 Å². The van der Waals surface area contributed by atoms with Crippen molar-refractivity contribution in [2.45, 2.75) is 45.3 Å². The summed E-state index contributed by atoms with van der Waals surface area (Å²) in [6.45, 7) is 5.61. The largest absolute Gasteiger partial charge is 0.480 e. The summed E-state index contributed by atoms with van der Waals surface area (Å²) in [6.07, 6.45) is 0.477. The van der Waals surface area contributed by atoms with E-state index >= 15 is 0 Å². The van der Waals surface area contributed by atoms with Crippen molar-refractivity contribution in [3.63, 3.8) is 0 Å². The molecule has 2 amide bonds. The number of hydrazine groups is 1. The van der Waals surface area contributed by atoms with Gasteiger partial charge in [0, 0.05) is 12.5 Å². The van der Waals surface area contributed by atoms with Crippen LogP contribution < -0.4 is 16.2 Å². The van der Waals surface area contributed by atoms with Crippen molar-refractivity contribution in [1.29, 1.82) is 0 Å². The van der Waals surface area contributed by atoms with Gasteiger partial charge in [0.1, 0.15) is 17.5 Å². The molecule has 9 nitrogen and oxygen atoms in total. The fourth-order valence-electron chi connectivity index (χ4n) is 2.04. The van der Waals surface area contributed by atoms with Crippen LogP contribution in [0.4, 0.5) is 4.79 Å². The first-order valence-electron chi connectivity index (χ1n) is 6.95. The van der Waals surface area contributed by atoms with Gasteiger partial charge in [-0.1, -0.05) is 0 Å². The van der Waals surface area contributed by atoms with Gasteiger partial charge in [-0.15, -0.1) is 0 Å². The van der Waals surface area contributed by atoms with Crippen molar-refractivity contribution in [1.82, 2.24) is 16.2 Å². The van der Waals surface area contributed by atoms with Crippen LogP contribution in [0.5, 0.6) is 0 Å². The number of nitrogens with zero attached hydrogens (tertiary/aromatic N) is 1. The second-order valence-electron chi connectivity index (χ2n) is 5.91. The molecule has 22 heavy (non-hydrogen) atoms. The number of amidine groups is 1. The number of rotatable bonds is 6. The number of alkyl carbamates (subject to hydrolysis) is 1. The van der Waals surface area contributed by atoms with E-state index in [1.165, 1.54) is 0 Å². The summed E-state index contributed by atoms with van der Waals surface area (Å²) in [4.78, 5) is 37.4. The molecule has 1 rings (SSSR count). The van der Waals surface area contributed by atoms with E-state index < -0.39 is 23.7 Å². The lowest BCUT2D eigenvalue weighted by atomic mass is 9.97. The van der Waals surface area contributed by atoms with E-state index in [0.717, 1.165) is 0 Å². The number of hydrogen-bond acceptors (Lipinski definition) is 6. The number of carboxylic acid groups (broad SMARTS) is 1. The first-order chi connectivity index (χ1) is 10.2. The molecular formula is C13H22N4O5. The lowest BCUT2D eigenvalue weighted by molar-refractivity contribution is -0.139. The Bertz CT molecular complexity index is 458. The second kappa shape index (κ2) is 7.62. The minimum absolute atomic E-state index is 0.154. The lowest BCUT2D eigenvalue weighted by Gasteiger charge is -2.23. The van der Waals surface area contributed by atoms with Crippen molar-refractivity contribution in [3.8, 4) is 0 Å².